The van der Waals surface area contributed by atoms with Crippen molar-refractivity contribution in [2.75, 3.05) is 7.11 Å². The van der Waals surface area contributed by atoms with Gasteiger partial charge in [0.25, 0.3) is 0 Å². The van der Waals surface area contributed by atoms with E-state index in [1.54, 1.807) is 37.7 Å². The lowest BCUT2D eigenvalue weighted by Crippen LogP contribution is -2.26. The minimum absolute atomic E-state index is 0.0311. The van der Waals surface area contributed by atoms with E-state index in [1.807, 2.05) is 34.5 Å². The topological polar surface area (TPSA) is 89.1 Å². The van der Waals surface area contributed by atoms with Crippen LogP contribution in [0.15, 0.2) is 42.9 Å². The number of methoxy groups -OCH3 is 1. The average Bonchev–Trinajstić information content (AvgIpc) is 3.57. The molecule has 5 heterocycles. The number of rotatable bonds is 5. The Morgan fingerprint density at radius 2 is 2.03 bits per heavy atom. The Labute approximate surface area is 205 Å². The summed E-state index contributed by atoms with van der Waals surface area (Å²) in [5, 5.41) is 4.60. The Bertz CT molecular complexity index is 1480. The quantitative estimate of drug-likeness (QED) is 0.403. The summed E-state index contributed by atoms with van der Waals surface area (Å²) >= 11 is 0. The number of aromatic nitrogens is 6. The summed E-state index contributed by atoms with van der Waals surface area (Å²) in [6.07, 6.45) is 5.08. The van der Waals surface area contributed by atoms with Gasteiger partial charge in [-0.05, 0) is 50.1 Å². The molecule has 6 rings (SSSR count). The number of ether oxygens (including phenoxy) is 3. The number of nitrogens with zero attached hydrogens (tertiary/aromatic N) is 6. The van der Waals surface area contributed by atoms with Crippen molar-refractivity contribution in [3.8, 4) is 23.1 Å². The van der Waals surface area contributed by atoms with E-state index in [0.717, 1.165) is 24.2 Å². The number of para-hydroxylation sites is 1. The number of fused-ring (bicyclic) bond motifs is 2. The number of benzene rings is 1. The van der Waals surface area contributed by atoms with Crippen molar-refractivity contribution < 1.29 is 23.0 Å². The maximum atomic E-state index is 13.7. The molecule has 0 N–H and O–H groups in total. The van der Waals surface area contributed by atoms with E-state index in [-0.39, 0.29) is 17.4 Å². The van der Waals surface area contributed by atoms with E-state index in [0.29, 0.717) is 35.3 Å². The van der Waals surface area contributed by atoms with Gasteiger partial charge in [0.2, 0.25) is 5.88 Å². The van der Waals surface area contributed by atoms with Crippen LogP contribution in [0, 0.1) is 6.92 Å². The molecule has 1 unspecified atom stereocenters. The maximum absolute atomic E-state index is 13.7. The van der Waals surface area contributed by atoms with Crippen LogP contribution in [0.4, 0.5) is 8.78 Å². The van der Waals surface area contributed by atoms with Crippen molar-refractivity contribution >= 4 is 12.2 Å². The predicted octanol–water partition coefficient (Wildman–Crippen LogP) is 4.59. The first-order valence-corrected chi connectivity index (χ1v) is 11.5. The zero-order valence-corrected chi connectivity index (χ0v) is 19.6. The largest absolute Gasteiger partial charge is 0.586 e. The lowest BCUT2D eigenvalue weighted by molar-refractivity contribution is -0.287. The maximum Gasteiger partial charge on any atom is 0.586 e. The molecule has 0 radical (unpaired) electrons. The molecule has 1 aromatic carbocycles. The molecule has 3 aromatic heterocycles. The Kier molecular flexibility index (Phi) is 5.20. The third-order valence-corrected chi connectivity index (χ3v) is 6.17. The third-order valence-electron chi connectivity index (χ3n) is 6.17. The zero-order valence-electron chi connectivity index (χ0n) is 19.6. The highest BCUT2D eigenvalue weighted by Gasteiger charge is 2.45. The SMILES string of the molecule is COc1nc(/C=C/c2nc3n(n2)CCCC3c2cccc3c2OC(F)(F)O3)ccc1-n1cnc(C)c1. The molecule has 0 amide bonds. The summed E-state index contributed by atoms with van der Waals surface area (Å²) in [5.41, 5.74) is 2.96. The van der Waals surface area contributed by atoms with Crippen molar-refractivity contribution in [3.05, 3.63) is 71.5 Å². The van der Waals surface area contributed by atoms with Crippen LogP contribution >= 0.6 is 0 Å². The molecule has 184 valence electrons. The van der Waals surface area contributed by atoms with E-state index in [4.69, 9.17) is 14.5 Å². The molecule has 11 heteroatoms. The second-order valence-electron chi connectivity index (χ2n) is 8.61. The number of hydrogen-bond donors (Lipinski definition) is 0. The van der Waals surface area contributed by atoms with Crippen molar-refractivity contribution in [1.82, 2.24) is 29.3 Å². The van der Waals surface area contributed by atoms with Crippen LogP contribution in [0.5, 0.6) is 17.4 Å². The molecule has 0 fully saturated rings. The Morgan fingerprint density at radius 1 is 1.14 bits per heavy atom. The number of halogens is 2. The van der Waals surface area contributed by atoms with Crippen molar-refractivity contribution in [1.29, 1.82) is 0 Å². The van der Waals surface area contributed by atoms with Crippen LogP contribution in [0.25, 0.3) is 17.8 Å². The van der Waals surface area contributed by atoms with Gasteiger partial charge in [0.15, 0.2) is 17.3 Å². The normalized spacial score (nSPS) is 17.9. The highest BCUT2D eigenvalue weighted by molar-refractivity contribution is 5.66. The van der Waals surface area contributed by atoms with E-state index < -0.39 is 6.29 Å². The van der Waals surface area contributed by atoms with Crippen LogP contribution in [0.3, 0.4) is 0 Å². The fourth-order valence-electron chi connectivity index (χ4n) is 4.60. The summed E-state index contributed by atoms with van der Waals surface area (Å²) in [6.45, 7) is 2.61. The second-order valence-corrected chi connectivity index (χ2v) is 8.61. The molecule has 36 heavy (non-hydrogen) atoms. The van der Waals surface area contributed by atoms with Crippen LogP contribution in [-0.4, -0.2) is 42.7 Å². The van der Waals surface area contributed by atoms with Crippen molar-refractivity contribution in [2.24, 2.45) is 0 Å². The van der Waals surface area contributed by atoms with Gasteiger partial charge in [-0.15, -0.1) is 8.78 Å². The summed E-state index contributed by atoms with van der Waals surface area (Å²) in [7, 11) is 1.57. The molecular weight excluding hydrogens is 470 g/mol. The molecule has 1 atom stereocenters. The summed E-state index contributed by atoms with van der Waals surface area (Å²) in [6, 6.07) is 8.70. The first-order valence-electron chi connectivity index (χ1n) is 11.5. The van der Waals surface area contributed by atoms with Gasteiger partial charge >= 0.3 is 6.29 Å². The molecule has 0 spiro atoms. The monoisotopic (exact) mass is 492 g/mol. The van der Waals surface area contributed by atoms with Gasteiger partial charge in [-0.2, -0.15) is 5.10 Å². The molecule has 4 aromatic rings. The van der Waals surface area contributed by atoms with Crippen molar-refractivity contribution in [3.63, 3.8) is 0 Å². The van der Waals surface area contributed by atoms with Crippen LogP contribution in [-0.2, 0) is 6.54 Å². The summed E-state index contributed by atoms with van der Waals surface area (Å²) < 4.78 is 46.0. The Hall–Kier alpha value is -4.28. The molecule has 0 aliphatic carbocycles. The summed E-state index contributed by atoms with van der Waals surface area (Å²) in [4.78, 5) is 13.5. The van der Waals surface area contributed by atoms with Gasteiger partial charge in [-0.1, -0.05) is 12.1 Å². The molecule has 2 aliphatic heterocycles. The Morgan fingerprint density at radius 3 is 2.83 bits per heavy atom. The van der Waals surface area contributed by atoms with Gasteiger partial charge in [0, 0.05) is 24.2 Å². The fraction of sp³-hybridized carbons (Fsp3) is 0.280. The first kappa shape index (κ1) is 22.2. The van der Waals surface area contributed by atoms with Crippen LogP contribution in [0.2, 0.25) is 0 Å². The van der Waals surface area contributed by atoms with Crippen LogP contribution < -0.4 is 14.2 Å². The highest BCUT2D eigenvalue weighted by Crippen LogP contribution is 2.48. The average molecular weight is 492 g/mol. The molecule has 9 nitrogen and oxygen atoms in total. The van der Waals surface area contributed by atoms with E-state index in [9.17, 15) is 8.78 Å². The van der Waals surface area contributed by atoms with E-state index in [2.05, 4.69) is 19.8 Å². The first-order chi connectivity index (χ1) is 17.4. The minimum atomic E-state index is -3.67. The number of alkyl halides is 2. The fourth-order valence-corrected chi connectivity index (χ4v) is 4.60. The number of hydrogen-bond acceptors (Lipinski definition) is 7. The number of pyridine rings is 1. The summed E-state index contributed by atoms with van der Waals surface area (Å²) in [5.74, 6) is 1.52. The zero-order chi connectivity index (χ0) is 24.9. The lowest BCUT2D eigenvalue weighted by atomic mass is 9.90. The predicted molar refractivity (Wildman–Crippen MR) is 125 cm³/mol. The highest BCUT2D eigenvalue weighted by atomic mass is 19.3. The molecule has 0 saturated heterocycles. The molecule has 0 bridgehead atoms. The van der Waals surface area contributed by atoms with Gasteiger partial charge in [0.05, 0.1) is 24.8 Å². The smallest absolute Gasteiger partial charge is 0.479 e. The van der Waals surface area contributed by atoms with Crippen molar-refractivity contribution in [2.45, 2.75) is 38.5 Å². The third kappa shape index (κ3) is 3.96. The minimum Gasteiger partial charge on any atom is -0.479 e. The molecule has 2 aliphatic rings. The van der Waals surface area contributed by atoms with E-state index >= 15 is 0 Å². The van der Waals surface area contributed by atoms with Gasteiger partial charge in [-0.3, -0.25) is 0 Å². The lowest BCUT2D eigenvalue weighted by Gasteiger charge is -2.23. The Balaban J connectivity index is 1.28. The standard InChI is InChI=1S/C25H22F2N6O3/c1-15-13-32(14-28-15)19-10-8-16(29-24(19)34-2)9-11-21-30-23-18(6-4-12-33(23)31-21)17-5-3-7-20-22(17)36-25(26,27)35-20/h3,5,7-11,13-14,18H,4,6,12H2,1-2H3/b11-9+. The number of aryl methyl sites for hydroxylation is 2. The molecule has 0 saturated carbocycles. The van der Waals surface area contributed by atoms with Gasteiger partial charge in [0.1, 0.15) is 11.5 Å². The van der Waals surface area contributed by atoms with E-state index in [1.165, 1.54) is 6.07 Å². The molecular formula is C25H22F2N6O3. The van der Waals surface area contributed by atoms with Crippen LogP contribution in [0.1, 0.15) is 47.4 Å². The number of imidazole rings is 1. The van der Waals surface area contributed by atoms with Gasteiger partial charge < -0.3 is 18.8 Å². The van der Waals surface area contributed by atoms with Gasteiger partial charge in [-0.25, -0.2) is 19.6 Å². The second kappa shape index (κ2) is 8.43.